The molecular formula is C17H26N4O. The molecule has 3 rings (SSSR count). The van der Waals surface area contributed by atoms with E-state index in [1.807, 2.05) is 13.0 Å². The molecule has 1 N–H and O–H groups in total. The number of anilines is 1. The number of fused-ring (bicyclic) bond motifs is 1. The highest BCUT2D eigenvalue weighted by Crippen LogP contribution is 2.25. The van der Waals surface area contributed by atoms with Crippen molar-refractivity contribution in [2.45, 2.75) is 26.3 Å². The van der Waals surface area contributed by atoms with Crippen LogP contribution < -0.4 is 5.32 Å². The van der Waals surface area contributed by atoms with E-state index >= 15 is 0 Å². The van der Waals surface area contributed by atoms with E-state index in [9.17, 15) is 0 Å². The van der Waals surface area contributed by atoms with Crippen molar-refractivity contribution >= 4 is 16.8 Å². The fourth-order valence-corrected chi connectivity index (χ4v) is 2.96. The largest absolute Gasteiger partial charge is 0.461 e. The number of aromatic nitrogens is 1. The Morgan fingerprint density at radius 1 is 1.32 bits per heavy atom. The Morgan fingerprint density at radius 2 is 2.09 bits per heavy atom. The molecule has 0 aliphatic carbocycles. The molecule has 2 aromatic heterocycles. The quantitative estimate of drug-likeness (QED) is 0.919. The van der Waals surface area contributed by atoms with Gasteiger partial charge in [0.2, 0.25) is 0 Å². The van der Waals surface area contributed by atoms with E-state index in [1.54, 1.807) is 6.20 Å². The lowest BCUT2D eigenvalue weighted by molar-refractivity contribution is 0.151. The number of hydrogen-bond acceptors (Lipinski definition) is 5. The topological polar surface area (TPSA) is 44.5 Å². The van der Waals surface area contributed by atoms with Gasteiger partial charge in [-0.3, -0.25) is 0 Å². The molecule has 3 heterocycles. The third-order valence-corrected chi connectivity index (χ3v) is 4.43. The molecule has 120 valence electrons. The van der Waals surface area contributed by atoms with Crippen LogP contribution in [0.4, 0.5) is 5.82 Å². The number of likely N-dealkylation sites (N-methyl/N-ethyl adjacent to an activating group) is 1. The van der Waals surface area contributed by atoms with E-state index in [2.05, 4.69) is 40.1 Å². The van der Waals surface area contributed by atoms with Crippen LogP contribution in [0.5, 0.6) is 0 Å². The van der Waals surface area contributed by atoms with E-state index < -0.39 is 0 Å². The minimum absolute atomic E-state index is 0.396. The summed E-state index contributed by atoms with van der Waals surface area (Å²) >= 11 is 0. The second-order valence-electron chi connectivity index (χ2n) is 6.41. The number of hydrogen-bond donors (Lipinski definition) is 1. The minimum Gasteiger partial charge on any atom is -0.461 e. The van der Waals surface area contributed by atoms with Crippen molar-refractivity contribution in [2.75, 3.05) is 45.1 Å². The molecule has 2 aromatic rings. The molecule has 0 saturated carbocycles. The highest BCUT2D eigenvalue weighted by molar-refractivity contribution is 5.88. The molecule has 1 saturated heterocycles. The standard InChI is InChI=1S/C17H26N4O/c1-13(5-7-21-10-8-20(3)9-11-21)19-17-15-12-14(2)22-16(15)4-6-18-17/h4,6,12-13H,5,7-11H2,1-3H3,(H,18,19). The van der Waals surface area contributed by atoms with Crippen molar-refractivity contribution in [3.8, 4) is 0 Å². The zero-order valence-electron chi connectivity index (χ0n) is 13.8. The summed E-state index contributed by atoms with van der Waals surface area (Å²) in [7, 11) is 2.20. The van der Waals surface area contributed by atoms with Crippen LogP contribution in [-0.4, -0.2) is 60.6 Å². The summed E-state index contributed by atoms with van der Waals surface area (Å²) in [6, 6.07) is 4.37. The van der Waals surface area contributed by atoms with Crippen LogP contribution in [0.1, 0.15) is 19.1 Å². The monoisotopic (exact) mass is 302 g/mol. The normalized spacial score (nSPS) is 18.7. The number of furan rings is 1. The SMILES string of the molecule is Cc1cc2c(NC(C)CCN3CCN(C)CC3)nccc2o1. The Bertz CT molecular complexity index is 616. The highest BCUT2D eigenvalue weighted by Gasteiger charge is 2.15. The molecule has 1 aliphatic rings. The molecule has 5 heteroatoms. The van der Waals surface area contributed by atoms with Crippen molar-refractivity contribution in [1.82, 2.24) is 14.8 Å². The third kappa shape index (κ3) is 3.59. The number of piperazine rings is 1. The number of aryl methyl sites for hydroxylation is 1. The summed E-state index contributed by atoms with van der Waals surface area (Å²) in [4.78, 5) is 9.42. The van der Waals surface area contributed by atoms with Crippen molar-refractivity contribution in [3.63, 3.8) is 0 Å². The summed E-state index contributed by atoms with van der Waals surface area (Å²) < 4.78 is 5.66. The first-order valence-corrected chi connectivity index (χ1v) is 8.14. The molecule has 1 atom stereocenters. The van der Waals surface area contributed by atoms with Crippen LogP contribution in [0.2, 0.25) is 0 Å². The van der Waals surface area contributed by atoms with E-state index in [-0.39, 0.29) is 0 Å². The fourth-order valence-electron chi connectivity index (χ4n) is 2.96. The van der Waals surface area contributed by atoms with Gasteiger partial charge < -0.3 is 19.5 Å². The lowest BCUT2D eigenvalue weighted by atomic mass is 10.2. The van der Waals surface area contributed by atoms with Gasteiger partial charge in [0.25, 0.3) is 0 Å². The molecule has 1 aliphatic heterocycles. The van der Waals surface area contributed by atoms with Crippen molar-refractivity contribution in [1.29, 1.82) is 0 Å². The predicted molar refractivity (Wildman–Crippen MR) is 90.4 cm³/mol. The van der Waals surface area contributed by atoms with Gasteiger partial charge in [-0.2, -0.15) is 0 Å². The van der Waals surface area contributed by atoms with Crippen molar-refractivity contribution < 1.29 is 4.42 Å². The van der Waals surface area contributed by atoms with Gasteiger partial charge in [0.15, 0.2) is 0 Å². The summed E-state index contributed by atoms with van der Waals surface area (Å²) in [6.07, 6.45) is 2.93. The molecular weight excluding hydrogens is 276 g/mol. The number of rotatable bonds is 5. The Morgan fingerprint density at radius 3 is 2.86 bits per heavy atom. The summed E-state index contributed by atoms with van der Waals surface area (Å²) in [5, 5.41) is 4.61. The van der Waals surface area contributed by atoms with Gasteiger partial charge >= 0.3 is 0 Å². The van der Waals surface area contributed by atoms with E-state index in [4.69, 9.17) is 4.42 Å². The lowest BCUT2D eigenvalue weighted by Gasteiger charge is -2.33. The van der Waals surface area contributed by atoms with E-state index in [1.165, 1.54) is 26.2 Å². The van der Waals surface area contributed by atoms with Crippen LogP contribution in [0.3, 0.4) is 0 Å². The van der Waals surface area contributed by atoms with Crippen LogP contribution >= 0.6 is 0 Å². The summed E-state index contributed by atoms with van der Waals surface area (Å²) in [6.45, 7) is 10.1. The van der Waals surface area contributed by atoms with Crippen molar-refractivity contribution in [3.05, 3.63) is 24.1 Å². The molecule has 1 fully saturated rings. The van der Waals surface area contributed by atoms with Crippen LogP contribution in [-0.2, 0) is 0 Å². The Kier molecular flexibility index (Phi) is 4.64. The maximum Gasteiger partial charge on any atom is 0.139 e. The molecule has 1 unspecified atom stereocenters. The van der Waals surface area contributed by atoms with Crippen LogP contribution in [0, 0.1) is 6.92 Å². The van der Waals surface area contributed by atoms with E-state index in [0.717, 1.165) is 35.5 Å². The smallest absolute Gasteiger partial charge is 0.139 e. The number of pyridine rings is 1. The Balaban J connectivity index is 1.55. The van der Waals surface area contributed by atoms with Crippen molar-refractivity contribution in [2.24, 2.45) is 0 Å². The van der Waals surface area contributed by atoms with Gasteiger partial charge in [-0.1, -0.05) is 0 Å². The number of nitrogens with one attached hydrogen (secondary N) is 1. The summed E-state index contributed by atoms with van der Waals surface area (Å²) in [5.41, 5.74) is 0.904. The van der Waals surface area contributed by atoms with Gasteiger partial charge in [0.05, 0.1) is 5.39 Å². The molecule has 0 aromatic carbocycles. The number of nitrogens with zero attached hydrogens (tertiary/aromatic N) is 3. The molecule has 0 spiro atoms. The molecule has 22 heavy (non-hydrogen) atoms. The second kappa shape index (κ2) is 6.67. The first kappa shape index (κ1) is 15.3. The minimum atomic E-state index is 0.396. The second-order valence-corrected chi connectivity index (χ2v) is 6.41. The average molecular weight is 302 g/mol. The van der Waals surface area contributed by atoms with Gasteiger partial charge in [0.1, 0.15) is 17.2 Å². The first-order chi connectivity index (χ1) is 10.6. The van der Waals surface area contributed by atoms with E-state index in [0.29, 0.717) is 6.04 Å². The fraction of sp³-hybridized carbons (Fsp3) is 0.588. The zero-order chi connectivity index (χ0) is 15.5. The first-order valence-electron chi connectivity index (χ1n) is 8.14. The Hall–Kier alpha value is -1.59. The third-order valence-electron chi connectivity index (χ3n) is 4.43. The van der Waals surface area contributed by atoms with Gasteiger partial charge in [-0.05, 0) is 39.4 Å². The van der Waals surface area contributed by atoms with Crippen LogP contribution in [0.15, 0.2) is 22.7 Å². The molecule has 0 radical (unpaired) electrons. The lowest BCUT2D eigenvalue weighted by Crippen LogP contribution is -2.45. The molecule has 0 bridgehead atoms. The van der Waals surface area contributed by atoms with Crippen LogP contribution in [0.25, 0.3) is 11.0 Å². The highest BCUT2D eigenvalue weighted by atomic mass is 16.3. The molecule has 5 nitrogen and oxygen atoms in total. The maximum atomic E-state index is 5.66. The average Bonchev–Trinajstić information content (AvgIpc) is 2.88. The Labute approximate surface area is 132 Å². The maximum absolute atomic E-state index is 5.66. The zero-order valence-corrected chi connectivity index (χ0v) is 13.8. The van der Waals surface area contributed by atoms with Gasteiger partial charge in [-0.15, -0.1) is 0 Å². The van der Waals surface area contributed by atoms with Gasteiger partial charge in [0, 0.05) is 45.0 Å². The molecule has 0 amide bonds. The predicted octanol–water partition coefficient (Wildman–Crippen LogP) is 2.57. The van der Waals surface area contributed by atoms with Gasteiger partial charge in [-0.25, -0.2) is 4.98 Å². The summed E-state index contributed by atoms with van der Waals surface area (Å²) in [5.74, 6) is 1.86.